The molecule has 0 aliphatic heterocycles. The Hall–Kier alpha value is -2.45. The standard InChI is InChI=1S/C22H29N3O4S/c1-3-16(2)25-30(27,28)20-10-8-18(9-11-20)22(26)24-15-17-12-13-23-21(14-17)29-19-6-4-5-7-19/h8-14,16,19,25H,3-7,15H2,1-2H3,(H,24,26). The van der Waals surface area contributed by atoms with Gasteiger partial charge in [0.1, 0.15) is 6.10 Å². The van der Waals surface area contributed by atoms with E-state index in [1.807, 2.05) is 26.0 Å². The van der Waals surface area contributed by atoms with Gasteiger partial charge in [0.05, 0.1) is 4.90 Å². The van der Waals surface area contributed by atoms with Gasteiger partial charge in [0.15, 0.2) is 0 Å². The summed E-state index contributed by atoms with van der Waals surface area (Å²) in [6.45, 7) is 4.05. The normalized spacial score (nSPS) is 15.7. The number of nitrogens with zero attached hydrogens (tertiary/aromatic N) is 1. The molecule has 162 valence electrons. The third kappa shape index (κ3) is 6.03. The molecular weight excluding hydrogens is 402 g/mol. The number of rotatable bonds is 9. The Labute approximate surface area is 178 Å². The largest absolute Gasteiger partial charge is 0.474 e. The molecule has 1 aliphatic rings. The molecule has 1 atom stereocenters. The molecule has 8 heteroatoms. The predicted molar refractivity (Wildman–Crippen MR) is 115 cm³/mol. The summed E-state index contributed by atoms with van der Waals surface area (Å²) in [5, 5.41) is 2.85. The Morgan fingerprint density at radius 1 is 1.20 bits per heavy atom. The maximum Gasteiger partial charge on any atom is 0.251 e. The summed E-state index contributed by atoms with van der Waals surface area (Å²) in [5.41, 5.74) is 1.29. The van der Waals surface area contributed by atoms with Crippen LogP contribution >= 0.6 is 0 Å². The van der Waals surface area contributed by atoms with Crippen LogP contribution in [0, 0.1) is 0 Å². The van der Waals surface area contributed by atoms with Crippen molar-refractivity contribution in [1.29, 1.82) is 0 Å². The first-order chi connectivity index (χ1) is 14.4. The number of benzene rings is 1. The number of nitrogens with one attached hydrogen (secondary N) is 2. The van der Waals surface area contributed by atoms with E-state index in [1.54, 1.807) is 6.20 Å². The van der Waals surface area contributed by atoms with E-state index in [-0.39, 0.29) is 22.9 Å². The summed E-state index contributed by atoms with van der Waals surface area (Å²) < 4.78 is 33.1. The predicted octanol–water partition coefficient (Wildman–Crippen LogP) is 3.41. The minimum atomic E-state index is -3.59. The third-order valence-corrected chi connectivity index (χ3v) is 6.84. The van der Waals surface area contributed by atoms with Gasteiger partial charge in [0.2, 0.25) is 15.9 Å². The molecule has 2 aromatic rings. The quantitative estimate of drug-likeness (QED) is 0.634. The average Bonchev–Trinajstić information content (AvgIpc) is 3.25. The lowest BCUT2D eigenvalue weighted by Gasteiger charge is -2.13. The maximum atomic E-state index is 12.4. The van der Waals surface area contributed by atoms with Gasteiger partial charge in [-0.15, -0.1) is 0 Å². The van der Waals surface area contributed by atoms with Crippen molar-refractivity contribution in [1.82, 2.24) is 15.0 Å². The van der Waals surface area contributed by atoms with Crippen LogP contribution in [0.2, 0.25) is 0 Å². The molecule has 1 aliphatic carbocycles. The minimum absolute atomic E-state index is 0.141. The molecule has 0 saturated heterocycles. The highest BCUT2D eigenvalue weighted by Gasteiger charge is 2.18. The van der Waals surface area contributed by atoms with Crippen LogP contribution in [0.4, 0.5) is 0 Å². The fraction of sp³-hybridized carbons (Fsp3) is 0.455. The number of amides is 1. The van der Waals surface area contributed by atoms with Gasteiger partial charge in [-0.25, -0.2) is 18.1 Å². The summed E-state index contributed by atoms with van der Waals surface area (Å²) in [6, 6.07) is 9.44. The number of hydrogen-bond acceptors (Lipinski definition) is 5. The van der Waals surface area contributed by atoms with Crippen molar-refractivity contribution in [2.24, 2.45) is 0 Å². The number of aromatic nitrogens is 1. The summed E-state index contributed by atoms with van der Waals surface area (Å²) in [4.78, 5) is 16.8. The van der Waals surface area contributed by atoms with Gasteiger partial charge in [0.25, 0.3) is 5.91 Å². The van der Waals surface area contributed by atoms with Crippen LogP contribution < -0.4 is 14.8 Å². The van der Waals surface area contributed by atoms with Crippen LogP contribution in [0.25, 0.3) is 0 Å². The second kappa shape index (κ2) is 10.0. The van der Waals surface area contributed by atoms with Gasteiger partial charge in [-0.3, -0.25) is 4.79 Å². The molecule has 1 unspecified atom stereocenters. The lowest BCUT2D eigenvalue weighted by molar-refractivity contribution is 0.0950. The van der Waals surface area contributed by atoms with E-state index < -0.39 is 10.0 Å². The Morgan fingerprint density at radius 2 is 1.90 bits per heavy atom. The van der Waals surface area contributed by atoms with E-state index in [1.165, 1.54) is 37.1 Å². The van der Waals surface area contributed by atoms with Crippen LogP contribution in [-0.2, 0) is 16.6 Å². The van der Waals surface area contributed by atoms with Crippen molar-refractivity contribution < 1.29 is 17.9 Å². The van der Waals surface area contributed by atoms with Gasteiger partial charge in [-0.05, 0) is 74.9 Å². The number of carbonyl (C=O) groups excluding carboxylic acids is 1. The van der Waals surface area contributed by atoms with Crippen LogP contribution in [0.15, 0.2) is 47.5 Å². The molecule has 3 rings (SSSR count). The molecule has 1 saturated carbocycles. The second-order valence-electron chi connectivity index (χ2n) is 7.66. The van der Waals surface area contributed by atoms with Crippen LogP contribution in [0.1, 0.15) is 61.9 Å². The monoisotopic (exact) mass is 431 g/mol. The van der Waals surface area contributed by atoms with Gasteiger partial charge >= 0.3 is 0 Å². The number of carbonyl (C=O) groups is 1. The summed E-state index contributed by atoms with van der Waals surface area (Å²) in [6.07, 6.45) is 7.09. The fourth-order valence-electron chi connectivity index (χ4n) is 3.29. The molecule has 7 nitrogen and oxygen atoms in total. The summed E-state index contributed by atoms with van der Waals surface area (Å²) in [7, 11) is -3.59. The molecule has 1 fully saturated rings. The second-order valence-corrected chi connectivity index (χ2v) is 9.38. The topological polar surface area (TPSA) is 97.4 Å². The number of sulfonamides is 1. The van der Waals surface area contributed by atoms with Gasteiger partial charge in [-0.1, -0.05) is 6.92 Å². The highest BCUT2D eigenvalue weighted by Crippen LogP contribution is 2.23. The lowest BCUT2D eigenvalue weighted by Crippen LogP contribution is -2.32. The SMILES string of the molecule is CCC(C)NS(=O)(=O)c1ccc(C(=O)NCc2ccnc(OC3CCCC3)c2)cc1. The Morgan fingerprint density at radius 3 is 2.57 bits per heavy atom. The Balaban J connectivity index is 1.57. The smallest absolute Gasteiger partial charge is 0.251 e. The molecule has 0 radical (unpaired) electrons. The molecule has 1 amide bonds. The molecule has 1 aromatic heterocycles. The molecular formula is C22H29N3O4S. The highest BCUT2D eigenvalue weighted by molar-refractivity contribution is 7.89. The number of hydrogen-bond donors (Lipinski definition) is 2. The maximum absolute atomic E-state index is 12.4. The van der Waals surface area contributed by atoms with Crippen molar-refractivity contribution in [3.05, 3.63) is 53.7 Å². The third-order valence-electron chi connectivity index (χ3n) is 5.24. The van der Waals surface area contributed by atoms with E-state index in [0.717, 1.165) is 18.4 Å². The van der Waals surface area contributed by atoms with Crippen molar-refractivity contribution in [2.45, 2.75) is 69.5 Å². The van der Waals surface area contributed by atoms with Crippen molar-refractivity contribution >= 4 is 15.9 Å². The Bertz CT molecular complexity index is 955. The number of ether oxygens (including phenoxy) is 1. The van der Waals surface area contributed by atoms with Crippen LogP contribution in [0.5, 0.6) is 5.88 Å². The van der Waals surface area contributed by atoms with Gasteiger partial charge < -0.3 is 10.1 Å². The van der Waals surface area contributed by atoms with E-state index in [4.69, 9.17) is 4.74 Å². The zero-order valence-corrected chi connectivity index (χ0v) is 18.2. The average molecular weight is 432 g/mol. The molecule has 1 aromatic carbocycles. The number of pyridine rings is 1. The summed E-state index contributed by atoms with van der Waals surface area (Å²) in [5.74, 6) is 0.306. The van der Waals surface area contributed by atoms with Crippen molar-refractivity contribution in [3.63, 3.8) is 0 Å². The molecule has 2 N–H and O–H groups in total. The molecule has 30 heavy (non-hydrogen) atoms. The first-order valence-corrected chi connectivity index (χ1v) is 11.9. The van der Waals surface area contributed by atoms with E-state index in [9.17, 15) is 13.2 Å². The highest BCUT2D eigenvalue weighted by atomic mass is 32.2. The zero-order chi connectivity index (χ0) is 21.6. The minimum Gasteiger partial charge on any atom is -0.474 e. The zero-order valence-electron chi connectivity index (χ0n) is 17.4. The van der Waals surface area contributed by atoms with E-state index in [2.05, 4.69) is 15.0 Å². The van der Waals surface area contributed by atoms with E-state index >= 15 is 0 Å². The van der Waals surface area contributed by atoms with Gasteiger partial charge in [0, 0.05) is 30.4 Å². The first kappa shape index (κ1) is 22.2. The molecule has 0 bridgehead atoms. The Kier molecular flexibility index (Phi) is 7.44. The molecule has 0 spiro atoms. The summed E-state index contributed by atoms with van der Waals surface area (Å²) >= 11 is 0. The van der Waals surface area contributed by atoms with Gasteiger partial charge in [-0.2, -0.15) is 0 Å². The first-order valence-electron chi connectivity index (χ1n) is 10.4. The molecule has 1 heterocycles. The van der Waals surface area contributed by atoms with Crippen molar-refractivity contribution in [2.75, 3.05) is 0 Å². The van der Waals surface area contributed by atoms with Crippen molar-refractivity contribution in [3.8, 4) is 5.88 Å². The van der Waals surface area contributed by atoms with Crippen LogP contribution in [-0.4, -0.2) is 31.5 Å². The fourth-order valence-corrected chi connectivity index (χ4v) is 4.61. The van der Waals surface area contributed by atoms with E-state index in [0.29, 0.717) is 24.4 Å². The lowest BCUT2D eigenvalue weighted by atomic mass is 10.2. The van der Waals surface area contributed by atoms with Crippen LogP contribution in [0.3, 0.4) is 0 Å².